The molecule has 0 bridgehead atoms. The third kappa shape index (κ3) is 2.07. The fraction of sp³-hybridized carbons (Fsp3) is 0.400. The monoisotopic (exact) mass is 226 g/mol. The maximum Gasteiger partial charge on any atom is 0.492 e. The standard InChI is InChI=1S/C10H15BO5/c1-6-5-7(14-2)9(15-3)10(16-4)8(6)11(12)13/h5,12-13H,1-4H3. The minimum atomic E-state index is -1.62. The Hall–Kier alpha value is -1.40. The van der Waals surface area contributed by atoms with Crippen LogP contribution in [0.4, 0.5) is 0 Å². The van der Waals surface area contributed by atoms with Crippen molar-refractivity contribution in [3.8, 4) is 17.2 Å². The number of hydrogen-bond donors (Lipinski definition) is 2. The summed E-state index contributed by atoms with van der Waals surface area (Å²) in [6.45, 7) is 1.74. The summed E-state index contributed by atoms with van der Waals surface area (Å²) in [5.41, 5.74) is 0.935. The fourth-order valence-corrected chi connectivity index (χ4v) is 1.62. The molecule has 0 aliphatic heterocycles. The van der Waals surface area contributed by atoms with Crippen LogP contribution in [0.15, 0.2) is 6.07 Å². The van der Waals surface area contributed by atoms with Crippen molar-refractivity contribution in [1.29, 1.82) is 0 Å². The summed E-state index contributed by atoms with van der Waals surface area (Å²) in [4.78, 5) is 0. The number of rotatable bonds is 4. The van der Waals surface area contributed by atoms with Crippen molar-refractivity contribution in [1.82, 2.24) is 0 Å². The fourth-order valence-electron chi connectivity index (χ4n) is 1.62. The molecular weight excluding hydrogens is 211 g/mol. The third-order valence-corrected chi connectivity index (χ3v) is 2.33. The van der Waals surface area contributed by atoms with E-state index in [1.165, 1.54) is 21.3 Å². The lowest BCUT2D eigenvalue weighted by molar-refractivity contribution is 0.324. The molecule has 5 nitrogen and oxygen atoms in total. The van der Waals surface area contributed by atoms with Crippen LogP contribution in [0.25, 0.3) is 0 Å². The summed E-state index contributed by atoms with van der Waals surface area (Å²) >= 11 is 0. The van der Waals surface area contributed by atoms with Gasteiger partial charge in [-0.1, -0.05) is 0 Å². The van der Waals surface area contributed by atoms with Gasteiger partial charge in [-0.2, -0.15) is 0 Å². The predicted octanol–water partition coefficient (Wildman–Crippen LogP) is -0.299. The van der Waals surface area contributed by atoms with Crippen LogP contribution in [-0.2, 0) is 0 Å². The molecule has 1 aromatic carbocycles. The van der Waals surface area contributed by atoms with E-state index in [1.54, 1.807) is 13.0 Å². The smallest absolute Gasteiger partial charge is 0.492 e. The van der Waals surface area contributed by atoms with Gasteiger partial charge in [-0.3, -0.25) is 0 Å². The van der Waals surface area contributed by atoms with E-state index in [2.05, 4.69) is 0 Å². The Morgan fingerprint density at radius 2 is 1.56 bits per heavy atom. The Morgan fingerprint density at radius 3 is 1.94 bits per heavy atom. The number of aryl methyl sites for hydroxylation is 1. The number of benzene rings is 1. The van der Waals surface area contributed by atoms with Gasteiger partial charge < -0.3 is 24.3 Å². The van der Waals surface area contributed by atoms with Gasteiger partial charge in [0.1, 0.15) is 0 Å². The highest BCUT2D eigenvalue weighted by Crippen LogP contribution is 2.36. The molecule has 0 aliphatic carbocycles. The molecular formula is C10H15BO5. The second-order valence-electron chi connectivity index (χ2n) is 3.25. The van der Waals surface area contributed by atoms with Gasteiger partial charge in [0.2, 0.25) is 5.75 Å². The van der Waals surface area contributed by atoms with E-state index in [0.717, 1.165) is 0 Å². The zero-order chi connectivity index (χ0) is 12.3. The van der Waals surface area contributed by atoms with Crippen molar-refractivity contribution in [3.05, 3.63) is 11.6 Å². The van der Waals surface area contributed by atoms with E-state index in [-0.39, 0.29) is 11.2 Å². The van der Waals surface area contributed by atoms with Crippen molar-refractivity contribution in [2.75, 3.05) is 21.3 Å². The lowest BCUT2D eigenvalue weighted by Crippen LogP contribution is -2.33. The van der Waals surface area contributed by atoms with E-state index in [1.807, 2.05) is 0 Å². The molecule has 1 aromatic rings. The van der Waals surface area contributed by atoms with Crippen molar-refractivity contribution < 1.29 is 24.3 Å². The first-order chi connectivity index (χ1) is 7.56. The largest absolute Gasteiger partial charge is 0.493 e. The minimum Gasteiger partial charge on any atom is -0.493 e. The lowest BCUT2D eigenvalue weighted by atomic mass is 9.76. The van der Waals surface area contributed by atoms with Crippen LogP contribution in [-0.4, -0.2) is 38.5 Å². The highest BCUT2D eigenvalue weighted by Gasteiger charge is 2.26. The van der Waals surface area contributed by atoms with E-state index < -0.39 is 7.12 Å². The molecule has 2 N–H and O–H groups in total. The van der Waals surface area contributed by atoms with Crippen LogP contribution in [0.5, 0.6) is 17.2 Å². The van der Waals surface area contributed by atoms with Crippen molar-refractivity contribution in [2.45, 2.75) is 6.92 Å². The molecule has 0 spiro atoms. The molecule has 6 heteroatoms. The molecule has 0 unspecified atom stereocenters. The minimum absolute atomic E-state index is 0.273. The predicted molar refractivity (Wildman–Crippen MR) is 60.7 cm³/mol. The van der Waals surface area contributed by atoms with E-state index in [0.29, 0.717) is 17.1 Å². The Balaban J connectivity index is 3.51. The molecule has 16 heavy (non-hydrogen) atoms. The Morgan fingerprint density at radius 1 is 1.00 bits per heavy atom. The first kappa shape index (κ1) is 12.7. The van der Waals surface area contributed by atoms with Crippen molar-refractivity contribution in [3.63, 3.8) is 0 Å². The Labute approximate surface area is 94.7 Å². The molecule has 1 rings (SSSR count). The normalized spacial score (nSPS) is 9.88. The summed E-state index contributed by atoms with van der Waals surface area (Å²) < 4.78 is 15.4. The van der Waals surface area contributed by atoms with Gasteiger partial charge in [0.25, 0.3) is 0 Å². The first-order valence-electron chi connectivity index (χ1n) is 4.72. The molecule has 0 saturated carbocycles. The van der Waals surface area contributed by atoms with Crippen LogP contribution in [0.2, 0.25) is 0 Å². The van der Waals surface area contributed by atoms with Crippen LogP contribution in [0, 0.1) is 6.92 Å². The quantitative estimate of drug-likeness (QED) is 0.690. The maximum absolute atomic E-state index is 9.28. The van der Waals surface area contributed by atoms with E-state index in [4.69, 9.17) is 14.2 Å². The zero-order valence-electron chi connectivity index (χ0n) is 9.77. The van der Waals surface area contributed by atoms with E-state index >= 15 is 0 Å². The average molecular weight is 226 g/mol. The molecule has 0 saturated heterocycles. The molecule has 0 heterocycles. The summed E-state index contributed by atoms with van der Waals surface area (Å²) in [6, 6.07) is 1.66. The number of hydrogen-bond acceptors (Lipinski definition) is 5. The van der Waals surface area contributed by atoms with Gasteiger partial charge in [-0.25, -0.2) is 0 Å². The van der Waals surface area contributed by atoms with E-state index in [9.17, 15) is 10.0 Å². The summed E-state index contributed by atoms with van der Waals surface area (Å²) in [6.07, 6.45) is 0. The molecule has 0 radical (unpaired) electrons. The van der Waals surface area contributed by atoms with Crippen LogP contribution in [0.3, 0.4) is 0 Å². The van der Waals surface area contributed by atoms with Crippen molar-refractivity contribution in [2.24, 2.45) is 0 Å². The first-order valence-corrected chi connectivity index (χ1v) is 4.72. The van der Waals surface area contributed by atoms with Gasteiger partial charge in [-0.15, -0.1) is 0 Å². The van der Waals surface area contributed by atoms with Crippen LogP contribution in [0.1, 0.15) is 5.56 Å². The van der Waals surface area contributed by atoms with Crippen LogP contribution < -0.4 is 19.7 Å². The summed E-state index contributed by atoms with van der Waals surface area (Å²) in [7, 11) is 2.78. The lowest BCUT2D eigenvalue weighted by Gasteiger charge is -2.17. The second kappa shape index (κ2) is 5.09. The van der Waals surface area contributed by atoms with Gasteiger partial charge >= 0.3 is 7.12 Å². The van der Waals surface area contributed by atoms with Gasteiger partial charge in [0.15, 0.2) is 11.5 Å². The zero-order valence-corrected chi connectivity index (χ0v) is 9.77. The Bertz CT molecular complexity index is 378. The average Bonchev–Trinajstić information content (AvgIpc) is 2.26. The number of ether oxygens (including phenoxy) is 3. The topological polar surface area (TPSA) is 68.2 Å². The van der Waals surface area contributed by atoms with Gasteiger partial charge in [-0.05, 0) is 18.6 Å². The third-order valence-electron chi connectivity index (χ3n) is 2.33. The highest BCUT2D eigenvalue weighted by atomic mass is 16.5. The molecule has 0 aliphatic rings. The van der Waals surface area contributed by atoms with Gasteiger partial charge in [0.05, 0.1) is 21.3 Å². The SMILES string of the molecule is COc1cc(C)c(B(O)O)c(OC)c1OC. The van der Waals surface area contributed by atoms with Crippen molar-refractivity contribution >= 4 is 12.6 Å². The maximum atomic E-state index is 9.28. The van der Waals surface area contributed by atoms with Gasteiger partial charge in [0, 0.05) is 5.46 Å². The molecule has 0 aromatic heterocycles. The highest BCUT2D eigenvalue weighted by molar-refractivity contribution is 6.60. The molecule has 88 valence electrons. The Kier molecular flexibility index (Phi) is 4.03. The van der Waals surface area contributed by atoms with Crippen LogP contribution >= 0.6 is 0 Å². The molecule has 0 amide bonds. The second-order valence-corrected chi connectivity index (χ2v) is 3.25. The summed E-state index contributed by atoms with van der Waals surface area (Å²) in [5, 5.41) is 18.6. The molecule has 0 atom stereocenters. The molecule has 0 fully saturated rings. The number of methoxy groups -OCH3 is 3. The summed E-state index contributed by atoms with van der Waals surface area (Å²) in [5.74, 6) is 1.11.